The van der Waals surface area contributed by atoms with Gasteiger partial charge in [0.1, 0.15) is 5.75 Å². The van der Waals surface area contributed by atoms with Gasteiger partial charge in [-0.2, -0.15) is 0 Å². The van der Waals surface area contributed by atoms with Crippen LogP contribution >= 0.6 is 22.2 Å². The van der Waals surface area contributed by atoms with Gasteiger partial charge >= 0.3 is 0 Å². The minimum Gasteiger partial charge on any atom is -0.508 e. The fraction of sp³-hybridized carbons (Fsp3) is 0. The van der Waals surface area contributed by atoms with Crippen molar-refractivity contribution in [3.05, 3.63) is 24.3 Å². The van der Waals surface area contributed by atoms with Gasteiger partial charge in [0, 0.05) is 0 Å². The van der Waals surface area contributed by atoms with Crippen molar-refractivity contribution in [1.82, 2.24) is 0 Å². The van der Waals surface area contributed by atoms with Gasteiger partial charge in [-0.05, 0) is 17.3 Å². The highest BCUT2D eigenvalue weighted by Crippen LogP contribution is 2.05. The summed E-state index contributed by atoms with van der Waals surface area (Å²) in [5, 5.41) is 9.80. The van der Waals surface area contributed by atoms with Crippen LogP contribution in [-0.2, 0) is 0 Å². The lowest BCUT2D eigenvalue weighted by molar-refractivity contribution is 0.475. The Balaban J connectivity index is 2.89. The molecule has 0 spiro atoms. The fourth-order valence-electron chi connectivity index (χ4n) is 0.620. The summed E-state index contributed by atoms with van der Waals surface area (Å²) < 4.78 is 0. The Labute approximate surface area is 70.2 Å². The standard InChI is InChI=1S/C6H6Cl2OSi/c7-10(8)6-3-1-5(9)2-4-6/h1-4,9-10H. The number of hydrogen-bond acceptors (Lipinski definition) is 1. The first-order chi connectivity index (χ1) is 4.70. The van der Waals surface area contributed by atoms with E-state index < -0.39 is 7.42 Å². The molecular weight excluding hydrogens is 187 g/mol. The van der Waals surface area contributed by atoms with Gasteiger partial charge in [0.05, 0.1) is 0 Å². The lowest BCUT2D eigenvalue weighted by Crippen LogP contribution is -2.16. The molecule has 10 heavy (non-hydrogen) atoms. The molecule has 1 aromatic carbocycles. The molecule has 0 heterocycles. The van der Waals surface area contributed by atoms with Crippen molar-refractivity contribution in [3.63, 3.8) is 0 Å². The maximum absolute atomic E-state index is 8.87. The molecule has 1 rings (SSSR count). The summed E-state index contributed by atoms with van der Waals surface area (Å²) in [6.07, 6.45) is 0. The van der Waals surface area contributed by atoms with Gasteiger partial charge in [0.2, 0.25) is 0 Å². The molecule has 0 unspecified atom stereocenters. The van der Waals surface area contributed by atoms with Crippen LogP contribution in [0.25, 0.3) is 0 Å². The molecular formula is C6H6Cl2OSi. The van der Waals surface area contributed by atoms with E-state index in [0.29, 0.717) is 0 Å². The molecule has 0 fully saturated rings. The van der Waals surface area contributed by atoms with E-state index in [-0.39, 0.29) is 5.75 Å². The number of benzene rings is 1. The molecule has 0 aliphatic carbocycles. The molecule has 0 amide bonds. The SMILES string of the molecule is Oc1ccc([SiH](Cl)Cl)cc1. The van der Waals surface area contributed by atoms with Gasteiger partial charge in [0.15, 0.2) is 0 Å². The third kappa shape index (κ3) is 1.90. The summed E-state index contributed by atoms with van der Waals surface area (Å²) in [6.45, 7) is 0. The molecule has 4 heteroatoms. The van der Waals surface area contributed by atoms with Crippen molar-refractivity contribution in [2.24, 2.45) is 0 Å². The van der Waals surface area contributed by atoms with Crippen LogP contribution in [0.4, 0.5) is 0 Å². The molecule has 0 aliphatic rings. The first kappa shape index (κ1) is 7.92. The van der Waals surface area contributed by atoms with Gasteiger partial charge in [-0.15, -0.1) is 22.2 Å². The Hall–Kier alpha value is -0.183. The number of hydrogen-bond donors (Lipinski definition) is 1. The fourth-order valence-corrected chi connectivity index (χ4v) is 1.98. The molecule has 1 aromatic rings. The second-order valence-electron chi connectivity index (χ2n) is 1.89. The molecule has 0 bridgehead atoms. The van der Waals surface area contributed by atoms with Gasteiger partial charge in [-0.3, -0.25) is 0 Å². The largest absolute Gasteiger partial charge is 0.508 e. The third-order valence-corrected chi connectivity index (χ3v) is 3.55. The number of phenols is 1. The lowest BCUT2D eigenvalue weighted by atomic mass is 10.3. The van der Waals surface area contributed by atoms with Crippen molar-refractivity contribution >= 4 is 34.8 Å². The summed E-state index contributed by atoms with van der Waals surface area (Å²) in [4.78, 5) is 0. The number of aromatic hydroxyl groups is 1. The van der Waals surface area contributed by atoms with Crippen LogP contribution in [0.1, 0.15) is 0 Å². The summed E-state index contributed by atoms with van der Waals surface area (Å²) in [5.74, 6) is 0.242. The molecule has 0 atom stereocenters. The molecule has 0 aliphatic heterocycles. The van der Waals surface area contributed by atoms with E-state index in [1.807, 2.05) is 0 Å². The second kappa shape index (κ2) is 3.28. The molecule has 0 saturated heterocycles. The zero-order valence-corrected chi connectivity index (χ0v) is 7.76. The number of rotatable bonds is 1. The average molecular weight is 193 g/mol. The van der Waals surface area contributed by atoms with Gasteiger partial charge < -0.3 is 5.11 Å². The van der Waals surface area contributed by atoms with Crippen LogP contribution in [0.3, 0.4) is 0 Å². The third-order valence-electron chi connectivity index (χ3n) is 1.15. The Morgan fingerprint density at radius 2 is 1.60 bits per heavy atom. The quantitative estimate of drug-likeness (QED) is 0.526. The topological polar surface area (TPSA) is 20.2 Å². The van der Waals surface area contributed by atoms with Crippen LogP contribution in [0.2, 0.25) is 0 Å². The first-order valence-corrected chi connectivity index (χ1v) is 6.84. The second-order valence-corrected chi connectivity index (χ2v) is 6.45. The Kier molecular flexibility index (Phi) is 2.60. The summed E-state index contributed by atoms with van der Waals surface area (Å²) in [6, 6.07) is 6.65. The smallest absolute Gasteiger partial charge is 0.266 e. The highest BCUT2D eigenvalue weighted by atomic mass is 35.7. The maximum atomic E-state index is 8.87. The summed E-state index contributed by atoms with van der Waals surface area (Å²) in [5.41, 5.74) is 0. The zero-order chi connectivity index (χ0) is 7.56. The zero-order valence-electron chi connectivity index (χ0n) is 5.09. The van der Waals surface area contributed by atoms with Crippen LogP contribution in [0.5, 0.6) is 5.75 Å². The van der Waals surface area contributed by atoms with Crippen LogP contribution in [0, 0.1) is 0 Å². The van der Waals surface area contributed by atoms with E-state index in [0.717, 1.165) is 5.19 Å². The Bertz CT molecular complexity index is 209. The molecule has 0 saturated carbocycles. The highest BCUT2D eigenvalue weighted by molar-refractivity contribution is 7.39. The Morgan fingerprint density at radius 1 is 1.10 bits per heavy atom. The van der Waals surface area contributed by atoms with Crippen molar-refractivity contribution in [2.45, 2.75) is 0 Å². The van der Waals surface area contributed by atoms with Crippen LogP contribution in [-0.4, -0.2) is 12.5 Å². The molecule has 0 aromatic heterocycles. The average Bonchev–Trinajstić information content (AvgIpc) is 1.88. The van der Waals surface area contributed by atoms with Crippen molar-refractivity contribution in [2.75, 3.05) is 0 Å². The highest BCUT2D eigenvalue weighted by Gasteiger charge is 2.03. The summed E-state index contributed by atoms with van der Waals surface area (Å²) >= 11 is 11.4. The Morgan fingerprint density at radius 3 is 2.00 bits per heavy atom. The normalized spacial score (nSPS) is 10.3. The molecule has 0 radical (unpaired) electrons. The van der Waals surface area contributed by atoms with Gasteiger partial charge in [-0.25, -0.2) is 0 Å². The van der Waals surface area contributed by atoms with E-state index in [1.165, 1.54) is 0 Å². The minimum absolute atomic E-state index is 0.242. The summed E-state index contributed by atoms with van der Waals surface area (Å²) in [7, 11) is -1.72. The minimum atomic E-state index is -1.72. The molecule has 1 nitrogen and oxygen atoms in total. The number of phenolic OH excluding ortho intramolecular Hbond substituents is 1. The van der Waals surface area contributed by atoms with E-state index in [9.17, 15) is 0 Å². The maximum Gasteiger partial charge on any atom is 0.266 e. The van der Waals surface area contributed by atoms with Crippen molar-refractivity contribution in [1.29, 1.82) is 0 Å². The van der Waals surface area contributed by atoms with Gasteiger partial charge in [-0.1, -0.05) is 12.1 Å². The lowest BCUT2D eigenvalue weighted by Gasteiger charge is -1.97. The van der Waals surface area contributed by atoms with E-state index >= 15 is 0 Å². The first-order valence-electron chi connectivity index (χ1n) is 2.77. The van der Waals surface area contributed by atoms with Crippen LogP contribution < -0.4 is 5.19 Å². The van der Waals surface area contributed by atoms with E-state index in [4.69, 9.17) is 27.3 Å². The van der Waals surface area contributed by atoms with E-state index in [2.05, 4.69) is 0 Å². The van der Waals surface area contributed by atoms with Crippen molar-refractivity contribution in [3.8, 4) is 5.75 Å². The van der Waals surface area contributed by atoms with E-state index in [1.54, 1.807) is 24.3 Å². The van der Waals surface area contributed by atoms with Crippen molar-refractivity contribution < 1.29 is 5.11 Å². The monoisotopic (exact) mass is 192 g/mol. The predicted molar refractivity (Wildman–Crippen MR) is 46.6 cm³/mol. The molecule has 54 valence electrons. The number of halogens is 2. The predicted octanol–water partition coefficient (Wildman–Crippen LogP) is 1.30. The van der Waals surface area contributed by atoms with Crippen LogP contribution in [0.15, 0.2) is 24.3 Å². The van der Waals surface area contributed by atoms with Gasteiger partial charge in [0.25, 0.3) is 7.42 Å². The molecule has 1 N–H and O–H groups in total.